The lowest BCUT2D eigenvalue weighted by molar-refractivity contribution is 0.0687. The van der Waals surface area contributed by atoms with E-state index < -0.39 is 22.9 Å². The van der Waals surface area contributed by atoms with E-state index in [2.05, 4.69) is 5.10 Å². The van der Waals surface area contributed by atoms with Crippen LogP contribution in [-0.2, 0) is 0 Å². The molecule has 0 amide bonds. The number of carbonyl (C=O) groups is 1. The summed E-state index contributed by atoms with van der Waals surface area (Å²) in [5.41, 5.74) is -0.622. The molecule has 0 unspecified atom stereocenters. The van der Waals surface area contributed by atoms with Crippen molar-refractivity contribution in [3.63, 3.8) is 0 Å². The monoisotopic (exact) mass is 328 g/mol. The summed E-state index contributed by atoms with van der Waals surface area (Å²) in [6.45, 7) is 0.00953. The molecule has 0 radical (unpaired) electrons. The van der Waals surface area contributed by atoms with E-state index in [-0.39, 0.29) is 12.2 Å². The van der Waals surface area contributed by atoms with Gasteiger partial charge in [0.2, 0.25) is 17.9 Å². The van der Waals surface area contributed by atoms with Crippen LogP contribution in [0.25, 0.3) is 16.6 Å². The number of hydrogen-bond donors (Lipinski definition) is 1. The fourth-order valence-electron chi connectivity index (χ4n) is 2.53. The Kier molecular flexibility index (Phi) is 2.99. The lowest BCUT2D eigenvalue weighted by Gasteiger charge is -2.11. The smallest absolute Gasteiger partial charge is 0.360 e. The fraction of sp³-hybridized carbons (Fsp3) is 0.0625. The van der Waals surface area contributed by atoms with Gasteiger partial charge in [-0.05, 0) is 30.3 Å². The third kappa shape index (κ3) is 2.08. The van der Waals surface area contributed by atoms with Crippen LogP contribution in [-0.4, -0.2) is 27.6 Å². The molecule has 2 aromatic carbocycles. The number of rotatable bonds is 2. The zero-order valence-electron chi connectivity index (χ0n) is 12.0. The summed E-state index contributed by atoms with van der Waals surface area (Å²) >= 11 is 0. The van der Waals surface area contributed by atoms with Crippen LogP contribution in [0.5, 0.6) is 11.5 Å². The summed E-state index contributed by atoms with van der Waals surface area (Å²) in [5.74, 6) is -1.12. The first-order valence-corrected chi connectivity index (χ1v) is 6.90. The normalized spacial score (nSPS) is 12.5. The molecular formula is C16H9FN2O5. The quantitative estimate of drug-likeness (QED) is 0.773. The maximum Gasteiger partial charge on any atom is 0.360 e. The summed E-state index contributed by atoms with van der Waals surface area (Å²) in [6, 6.07) is 8.27. The van der Waals surface area contributed by atoms with Crippen molar-refractivity contribution in [3.8, 4) is 17.2 Å². The van der Waals surface area contributed by atoms with E-state index in [0.717, 1.165) is 0 Å². The van der Waals surface area contributed by atoms with Gasteiger partial charge in [0.1, 0.15) is 5.82 Å². The topological polar surface area (TPSA) is 90.7 Å². The van der Waals surface area contributed by atoms with E-state index in [1.165, 1.54) is 35.0 Å². The Morgan fingerprint density at radius 2 is 1.83 bits per heavy atom. The van der Waals surface area contributed by atoms with Gasteiger partial charge >= 0.3 is 5.97 Å². The second kappa shape index (κ2) is 5.05. The molecule has 120 valence electrons. The van der Waals surface area contributed by atoms with Crippen LogP contribution >= 0.6 is 0 Å². The van der Waals surface area contributed by atoms with Gasteiger partial charge in [-0.3, -0.25) is 4.79 Å². The van der Waals surface area contributed by atoms with Crippen molar-refractivity contribution in [2.45, 2.75) is 0 Å². The minimum absolute atomic E-state index is 0.00953. The number of aromatic carboxylic acids is 1. The standard InChI is InChI=1S/C16H9FN2O5/c17-8-1-3-9(4-2-8)19-11-6-13-12(23-7-24-13)5-10(11)15(20)14(18-19)16(21)22/h1-6H,7H2,(H,21,22). The van der Waals surface area contributed by atoms with E-state index in [4.69, 9.17) is 9.47 Å². The van der Waals surface area contributed by atoms with Gasteiger partial charge in [0, 0.05) is 6.07 Å². The highest BCUT2D eigenvalue weighted by Gasteiger charge is 2.22. The minimum Gasteiger partial charge on any atom is -0.476 e. The predicted molar refractivity (Wildman–Crippen MR) is 80.4 cm³/mol. The summed E-state index contributed by atoms with van der Waals surface area (Å²) in [6.07, 6.45) is 0. The molecule has 0 saturated carbocycles. The van der Waals surface area contributed by atoms with Gasteiger partial charge in [0.15, 0.2) is 11.5 Å². The van der Waals surface area contributed by atoms with Gasteiger partial charge < -0.3 is 14.6 Å². The van der Waals surface area contributed by atoms with Gasteiger partial charge in [0.05, 0.1) is 16.6 Å². The van der Waals surface area contributed by atoms with Crippen LogP contribution in [0.15, 0.2) is 41.2 Å². The third-order valence-corrected chi connectivity index (χ3v) is 3.65. The lowest BCUT2D eigenvalue weighted by Crippen LogP contribution is -2.22. The molecule has 0 bridgehead atoms. The van der Waals surface area contributed by atoms with Crippen molar-refractivity contribution >= 4 is 16.9 Å². The zero-order chi connectivity index (χ0) is 16.8. The van der Waals surface area contributed by atoms with Crippen molar-refractivity contribution in [3.05, 3.63) is 58.1 Å². The SMILES string of the molecule is O=C(O)c1nn(-c2ccc(F)cc2)c2cc3c(cc2c1=O)OCO3. The zero-order valence-corrected chi connectivity index (χ0v) is 12.0. The highest BCUT2D eigenvalue weighted by atomic mass is 19.1. The van der Waals surface area contributed by atoms with Crippen molar-refractivity contribution in [2.75, 3.05) is 6.79 Å². The number of carboxylic acids is 1. The van der Waals surface area contributed by atoms with Gasteiger partial charge in [-0.15, -0.1) is 0 Å². The molecule has 0 spiro atoms. The maximum absolute atomic E-state index is 13.2. The van der Waals surface area contributed by atoms with E-state index in [9.17, 15) is 19.1 Å². The second-order valence-corrected chi connectivity index (χ2v) is 5.09. The van der Waals surface area contributed by atoms with Crippen molar-refractivity contribution in [2.24, 2.45) is 0 Å². The van der Waals surface area contributed by atoms with Crippen LogP contribution in [0.3, 0.4) is 0 Å². The number of fused-ring (bicyclic) bond motifs is 2. The van der Waals surface area contributed by atoms with E-state index >= 15 is 0 Å². The highest BCUT2D eigenvalue weighted by Crippen LogP contribution is 2.35. The van der Waals surface area contributed by atoms with Crippen LogP contribution in [0.1, 0.15) is 10.5 Å². The minimum atomic E-state index is -1.45. The van der Waals surface area contributed by atoms with Gasteiger partial charge in [-0.25, -0.2) is 13.9 Å². The van der Waals surface area contributed by atoms with Gasteiger partial charge in [0.25, 0.3) is 0 Å². The van der Waals surface area contributed by atoms with Crippen molar-refractivity contribution in [1.82, 2.24) is 9.78 Å². The molecule has 7 nitrogen and oxygen atoms in total. The molecule has 1 aliphatic heterocycles. The molecule has 1 aromatic heterocycles. The average Bonchev–Trinajstić information content (AvgIpc) is 3.02. The van der Waals surface area contributed by atoms with Crippen LogP contribution in [0, 0.1) is 5.82 Å². The Hall–Kier alpha value is -3.42. The predicted octanol–water partition coefficient (Wildman–Crippen LogP) is 1.95. The maximum atomic E-state index is 13.2. The molecule has 24 heavy (non-hydrogen) atoms. The average molecular weight is 328 g/mol. The molecule has 2 heterocycles. The molecular weight excluding hydrogens is 319 g/mol. The molecule has 1 aliphatic rings. The Labute approximate surface area is 133 Å². The summed E-state index contributed by atoms with van der Waals surface area (Å²) in [5, 5.41) is 13.3. The number of halogens is 1. The molecule has 0 atom stereocenters. The number of hydrogen-bond acceptors (Lipinski definition) is 5. The molecule has 4 rings (SSSR count). The lowest BCUT2D eigenvalue weighted by atomic mass is 10.1. The number of benzene rings is 2. The van der Waals surface area contributed by atoms with Crippen LogP contribution < -0.4 is 14.9 Å². The molecule has 0 fully saturated rings. The Morgan fingerprint density at radius 1 is 1.17 bits per heavy atom. The fourth-order valence-corrected chi connectivity index (χ4v) is 2.53. The Bertz CT molecular complexity index is 1040. The number of ether oxygens (including phenoxy) is 2. The second-order valence-electron chi connectivity index (χ2n) is 5.09. The molecule has 0 saturated heterocycles. The highest BCUT2D eigenvalue weighted by molar-refractivity contribution is 5.92. The first-order valence-electron chi connectivity index (χ1n) is 6.90. The van der Waals surface area contributed by atoms with E-state index in [1.54, 1.807) is 6.07 Å². The largest absolute Gasteiger partial charge is 0.476 e. The van der Waals surface area contributed by atoms with E-state index in [1.807, 2.05) is 0 Å². The number of nitrogens with zero attached hydrogens (tertiary/aromatic N) is 2. The Balaban J connectivity index is 2.11. The summed E-state index contributed by atoms with van der Waals surface area (Å²) in [7, 11) is 0. The van der Waals surface area contributed by atoms with Crippen molar-refractivity contribution < 1.29 is 23.8 Å². The van der Waals surface area contributed by atoms with Crippen molar-refractivity contribution in [1.29, 1.82) is 0 Å². The molecule has 0 aliphatic carbocycles. The van der Waals surface area contributed by atoms with Gasteiger partial charge in [-0.1, -0.05) is 0 Å². The summed E-state index contributed by atoms with van der Waals surface area (Å²) < 4.78 is 25.0. The van der Waals surface area contributed by atoms with E-state index in [0.29, 0.717) is 22.7 Å². The Morgan fingerprint density at radius 3 is 2.50 bits per heavy atom. The molecule has 1 N–H and O–H groups in total. The molecule has 3 aromatic rings. The van der Waals surface area contributed by atoms with Crippen LogP contribution in [0.4, 0.5) is 4.39 Å². The number of aromatic nitrogens is 2. The third-order valence-electron chi connectivity index (χ3n) is 3.65. The first kappa shape index (κ1) is 14.2. The number of carboxylic acid groups (broad SMARTS) is 1. The van der Waals surface area contributed by atoms with Gasteiger partial charge in [-0.2, -0.15) is 5.10 Å². The van der Waals surface area contributed by atoms with Crippen LogP contribution in [0.2, 0.25) is 0 Å². The first-order chi connectivity index (χ1) is 11.5. The summed E-state index contributed by atoms with van der Waals surface area (Å²) in [4.78, 5) is 23.7. The molecule has 8 heteroatoms.